The number of carboxylic acid groups (broad SMARTS) is 1. The first-order chi connectivity index (χ1) is 11.8. The monoisotopic (exact) mass is 344 g/mol. The Kier molecular flexibility index (Phi) is 3.87. The molecule has 0 aliphatic carbocycles. The SMILES string of the molecule is CC(C)(C(=O)O)n1cc(NC(=O)Cn2nc3ccccn3c2=O)cn1. The van der Waals surface area contributed by atoms with E-state index in [1.165, 1.54) is 35.3 Å². The smallest absolute Gasteiger partial charge is 0.350 e. The fourth-order valence-electron chi connectivity index (χ4n) is 2.20. The molecule has 0 bridgehead atoms. The van der Waals surface area contributed by atoms with Gasteiger partial charge in [0.15, 0.2) is 11.2 Å². The third kappa shape index (κ3) is 3.01. The summed E-state index contributed by atoms with van der Waals surface area (Å²) in [5.74, 6) is -1.53. The Morgan fingerprint density at radius 2 is 2.08 bits per heavy atom. The van der Waals surface area contributed by atoms with Crippen molar-refractivity contribution in [2.24, 2.45) is 0 Å². The third-order valence-corrected chi connectivity index (χ3v) is 3.74. The van der Waals surface area contributed by atoms with Gasteiger partial charge in [0, 0.05) is 12.4 Å². The first-order valence-electron chi connectivity index (χ1n) is 7.41. The van der Waals surface area contributed by atoms with Crippen LogP contribution >= 0.6 is 0 Å². The summed E-state index contributed by atoms with van der Waals surface area (Å²) < 4.78 is 3.62. The lowest BCUT2D eigenvalue weighted by Gasteiger charge is -2.19. The Morgan fingerprint density at radius 3 is 2.76 bits per heavy atom. The van der Waals surface area contributed by atoms with Crippen molar-refractivity contribution in [3.8, 4) is 0 Å². The number of carbonyl (C=O) groups is 2. The molecule has 0 fully saturated rings. The number of anilines is 1. The van der Waals surface area contributed by atoms with Crippen LogP contribution in [0, 0.1) is 0 Å². The van der Waals surface area contributed by atoms with Crippen LogP contribution in [0.4, 0.5) is 5.69 Å². The number of hydrogen-bond donors (Lipinski definition) is 2. The Labute approximate surface area is 141 Å². The van der Waals surface area contributed by atoms with Gasteiger partial charge in [0.25, 0.3) is 0 Å². The Balaban J connectivity index is 1.75. The van der Waals surface area contributed by atoms with Crippen LogP contribution in [-0.4, -0.2) is 40.9 Å². The molecule has 0 aliphatic heterocycles. The maximum Gasteiger partial charge on any atom is 0.350 e. The molecule has 3 aromatic heterocycles. The van der Waals surface area contributed by atoms with E-state index in [1.807, 2.05) is 0 Å². The zero-order valence-electron chi connectivity index (χ0n) is 13.6. The number of hydrogen-bond acceptors (Lipinski definition) is 5. The van der Waals surface area contributed by atoms with E-state index >= 15 is 0 Å². The molecule has 0 aromatic carbocycles. The van der Waals surface area contributed by atoms with E-state index in [0.717, 1.165) is 4.68 Å². The van der Waals surface area contributed by atoms with Crippen LogP contribution in [0.5, 0.6) is 0 Å². The van der Waals surface area contributed by atoms with Crippen molar-refractivity contribution >= 4 is 23.2 Å². The number of amides is 1. The minimum Gasteiger partial charge on any atom is -0.479 e. The summed E-state index contributed by atoms with van der Waals surface area (Å²) in [6.07, 6.45) is 4.32. The van der Waals surface area contributed by atoms with Gasteiger partial charge < -0.3 is 10.4 Å². The van der Waals surface area contributed by atoms with Gasteiger partial charge >= 0.3 is 11.7 Å². The molecular formula is C15H16N6O4. The van der Waals surface area contributed by atoms with E-state index in [-0.39, 0.29) is 6.54 Å². The topological polar surface area (TPSA) is 124 Å². The molecule has 2 N–H and O–H groups in total. The van der Waals surface area contributed by atoms with Crippen LogP contribution in [0.15, 0.2) is 41.6 Å². The van der Waals surface area contributed by atoms with Crippen molar-refractivity contribution in [2.75, 3.05) is 5.32 Å². The molecule has 0 radical (unpaired) electrons. The Hall–Kier alpha value is -3.43. The molecule has 10 nitrogen and oxygen atoms in total. The lowest BCUT2D eigenvalue weighted by atomic mass is 10.1. The van der Waals surface area contributed by atoms with Gasteiger partial charge in [-0.3, -0.25) is 13.9 Å². The molecule has 130 valence electrons. The maximum absolute atomic E-state index is 12.1. The van der Waals surface area contributed by atoms with E-state index < -0.39 is 23.1 Å². The van der Waals surface area contributed by atoms with E-state index in [9.17, 15) is 19.5 Å². The van der Waals surface area contributed by atoms with E-state index in [4.69, 9.17) is 0 Å². The van der Waals surface area contributed by atoms with Crippen molar-refractivity contribution in [1.82, 2.24) is 24.0 Å². The molecular weight excluding hydrogens is 328 g/mol. The highest BCUT2D eigenvalue weighted by molar-refractivity contribution is 5.90. The average Bonchev–Trinajstić information content (AvgIpc) is 3.14. The Morgan fingerprint density at radius 1 is 1.32 bits per heavy atom. The van der Waals surface area contributed by atoms with Crippen LogP contribution in [-0.2, 0) is 21.7 Å². The van der Waals surface area contributed by atoms with Crippen LogP contribution in [0.3, 0.4) is 0 Å². The zero-order valence-corrected chi connectivity index (χ0v) is 13.6. The summed E-state index contributed by atoms with van der Waals surface area (Å²) in [4.78, 5) is 35.5. The van der Waals surface area contributed by atoms with Crippen molar-refractivity contribution < 1.29 is 14.7 Å². The average molecular weight is 344 g/mol. The molecule has 1 amide bonds. The van der Waals surface area contributed by atoms with Gasteiger partial charge in [-0.1, -0.05) is 6.07 Å². The molecule has 0 aliphatic rings. The second-order valence-electron chi connectivity index (χ2n) is 5.95. The molecule has 25 heavy (non-hydrogen) atoms. The largest absolute Gasteiger partial charge is 0.479 e. The summed E-state index contributed by atoms with van der Waals surface area (Å²) in [5.41, 5.74) is -0.900. The van der Waals surface area contributed by atoms with Gasteiger partial charge in [-0.25, -0.2) is 14.3 Å². The predicted molar refractivity (Wildman–Crippen MR) is 87.3 cm³/mol. The van der Waals surface area contributed by atoms with Crippen LogP contribution in [0.25, 0.3) is 5.65 Å². The minimum absolute atomic E-state index is 0.270. The molecule has 0 spiro atoms. The summed E-state index contributed by atoms with van der Waals surface area (Å²) in [7, 11) is 0. The normalized spacial score (nSPS) is 11.6. The summed E-state index contributed by atoms with van der Waals surface area (Å²) in [6, 6.07) is 5.09. The second-order valence-corrected chi connectivity index (χ2v) is 5.95. The number of nitrogens with zero attached hydrogens (tertiary/aromatic N) is 5. The summed E-state index contributed by atoms with van der Waals surface area (Å²) in [6.45, 7) is 2.71. The van der Waals surface area contributed by atoms with Gasteiger partial charge in [0.05, 0.1) is 11.9 Å². The fourth-order valence-corrected chi connectivity index (χ4v) is 2.20. The summed E-state index contributed by atoms with van der Waals surface area (Å²) >= 11 is 0. The number of fused-ring (bicyclic) bond motifs is 1. The molecule has 3 rings (SSSR count). The maximum atomic E-state index is 12.1. The number of carbonyl (C=O) groups excluding carboxylic acids is 1. The van der Waals surface area contributed by atoms with E-state index in [2.05, 4.69) is 15.5 Å². The van der Waals surface area contributed by atoms with Gasteiger partial charge in [0.1, 0.15) is 6.54 Å². The van der Waals surface area contributed by atoms with Crippen LogP contribution < -0.4 is 11.0 Å². The molecule has 0 saturated carbocycles. The molecule has 0 atom stereocenters. The predicted octanol–water partition coefficient (Wildman–Crippen LogP) is 0.151. The van der Waals surface area contributed by atoms with Crippen LogP contribution in [0.2, 0.25) is 0 Å². The van der Waals surface area contributed by atoms with Gasteiger partial charge in [-0.05, 0) is 26.0 Å². The molecule has 0 unspecified atom stereocenters. The van der Waals surface area contributed by atoms with Crippen molar-refractivity contribution in [3.63, 3.8) is 0 Å². The van der Waals surface area contributed by atoms with Crippen molar-refractivity contribution in [3.05, 3.63) is 47.3 Å². The van der Waals surface area contributed by atoms with Crippen LogP contribution in [0.1, 0.15) is 13.8 Å². The van der Waals surface area contributed by atoms with E-state index in [0.29, 0.717) is 11.3 Å². The number of aromatic nitrogens is 5. The Bertz CT molecular complexity index is 1010. The third-order valence-electron chi connectivity index (χ3n) is 3.74. The number of aliphatic carboxylic acids is 1. The molecule has 10 heteroatoms. The number of nitrogens with one attached hydrogen (secondary N) is 1. The fraction of sp³-hybridized carbons (Fsp3) is 0.267. The second kappa shape index (κ2) is 5.89. The van der Waals surface area contributed by atoms with Gasteiger partial charge in [-0.2, -0.15) is 5.10 Å². The highest BCUT2D eigenvalue weighted by Gasteiger charge is 2.30. The quantitative estimate of drug-likeness (QED) is 0.679. The van der Waals surface area contributed by atoms with Crippen molar-refractivity contribution in [2.45, 2.75) is 25.9 Å². The minimum atomic E-state index is -1.25. The van der Waals surface area contributed by atoms with Crippen molar-refractivity contribution in [1.29, 1.82) is 0 Å². The summed E-state index contributed by atoms with van der Waals surface area (Å²) in [5, 5.41) is 19.8. The number of pyridine rings is 1. The lowest BCUT2D eigenvalue weighted by molar-refractivity contribution is -0.146. The van der Waals surface area contributed by atoms with E-state index in [1.54, 1.807) is 24.4 Å². The molecule has 3 aromatic rings. The standard InChI is InChI=1S/C15H16N6O4/c1-15(2,13(23)24)21-8-10(7-16-21)17-12(22)9-20-14(25)19-6-4-3-5-11(19)18-20/h3-8H,9H2,1-2H3,(H,17,22)(H,23,24). The highest BCUT2D eigenvalue weighted by atomic mass is 16.4. The molecule has 3 heterocycles. The molecule has 0 saturated heterocycles. The first kappa shape index (κ1) is 16.4. The number of carboxylic acids is 1. The van der Waals surface area contributed by atoms with Gasteiger partial charge in [0.2, 0.25) is 5.91 Å². The van der Waals surface area contributed by atoms with Gasteiger partial charge in [-0.15, -0.1) is 5.10 Å². The first-order valence-corrected chi connectivity index (χ1v) is 7.41. The number of rotatable bonds is 5. The zero-order chi connectivity index (χ0) is 18.2. The highest BCUT2D eigenvalue weighted by Crippen LogP contribution is 2.17. The lowest BCUT2D eigenvalue weighted by Crippen LogP contribution is -2.36.